The van der Waals surface area contributed by atoms with Gasteiger partial charge in [0.25, 0.3) is 5.69 Å². The molecular formula is C24H21ClN6O5S. The number of hydrogen-bond donors (Lipinski definition) is 2. The third kappa shape index (κ3) is 5.81. The Morgan fingerprint density at radius 3 is 2.51 bits per heavy atom. The first-order valence-electron chi connectivity index (χ1n) is 10.7. The Balaban J connectivity index is 1.69. The molecule has 190 valence electrons. The van der Waals surface area contributed by atoms with Gasteiger partial charge in [0.15, 0.2) is 16.6 Å². The first kappa shape index (κ1) is 25.9. The summed E-state index contributed by atoms with van der Waals surface area (Å²) in [6.45, 7) is 0. The van der Waals surface area contributed by atoms with E-state index in [1.807, 2.05) is 6.26 Å². The molecule has 37 heavy (non-hydrogen) atoms. The molecule has 4 rings (SSSR count). The highest BCUT2D eigenvalue weighted by Crippen LogP contribution is 2.42. The number of rotatable bonds is 9. The molecule has 0 aliphatic heterocycles. The average molecular weight is 541 g/mol. The molecular weight excluding hydrogens is 520 g/mol. The number of anilines is 1. The van der Waals surface area contributed by atoms with Crippen molar-refractivity contribution in [1.82, 2.24) is 20.4 Å². The fraction of sp³-hybridized carbons (Fsp3) is 0.167. The number of carbonyl (C=O) groups excluding carboxylic acids is 1. The number of nitro groups is 1. The summed E-state index contributed by atoms with van der Waals surface area (Å²) in [6, 6.07) is 10.9. The third-order valence-corrected chi connectivity index (χ3v) is 6.27. The fourth-order valence-corrected chi connectivity index (χ4v) is 4.10. The second-order valence-corrected chi connectivity index (χ2v) is 8.77. The molecule has 2 heterocycles. The number of fused-ring (bicyclic) bond motifs is 1. The third-order valence-electron chi connectivity index (χ3n) is 5.32. The summed E-state index contributed by atoms with van der Waals surface area (Å²) in [5.74, 6) is 0.813. The molecule has 0 aliphatic rings. The molecule has 0 unspecified atom stereocenters. The van der Waals surface area contributed by atoms with Crippen molar-refractivity contribution in [2.75, 3.05) is 25.9 Å². The number of aromatic nitrogens is 3. The number of nitro benzene ring substituents is 1. The van der Waals surface area contributed by atoms with Crippen LogP contribution in [-0.4, -0.2) is 46.3 Å². The van der Waals surface area contributed by atoms with Gasteiger partial charge in [-0.05, 0) is 24.0 Å². The number of hydrazine groups is 1. The number of methoxy groups -OCH3 is 2. The molecule has 0 fully saturated rings. The van der Waals surface area contributed by atoms with Gasteiger partial charge in [0.1, 0.15) is 11.5 Å². The zero-order chi connectivity index (χ0) is 26.5. The Kier molecular flexibility index (Phi) is 7.89. The van der Waals surface area contributed by atoms with E-state index < -0.39 is 4.92 Å². The van der Waals surface area contributed by atoms with Crippen molar-refractivity contribution in [2.24, 2.45) is 0 Å². The fourth-order valence-electron chi connectivity index (χ4n) is 3.48. The second kappa shape index (κ2) is 11.3. The molecule has 0 saturated heterocycles. The van der Waals surface area contributed by atoms with Gasteiger partial charge in [0.2, 0.25) is 5.91 Å². The van der Waals surface area contributed by atoms with Crippen molar-refractivity contribution in [1.29, 1.82) is 0 Å². The van der Waals surface area contributed by atoms with Crippen LogP contribution in [0.2, 0.25) is 5.02 Å². The van der Waals surface area contributed by atoms with Gasteiger partial charge < -0.3 is 9.47 Å². The largest absolute Gasteiger partial charge is 0.497 e. The van der Waals surface area contributed by atoms with Gasteiger partial charge >= 0.3 is 0 Å². The highest BCUT2D eigenvalue weighted by Gasteiger charge is 2.19. The highest BCUT2D eigenvalue weighted by atomic mass is 35.5. The number of thioether (sulfide) groups is 1. The normalized spacial score (nSPS) is 10.7. The van der Waals surface area contributed by atoms with Crippen molar-refractivity contribution >= 4 is 51.8 Å². The lowest BCUT2D eigenvalue weighted by atomic mass is 10.0. The van der Waals surface area contributed by atoms with Crippen LogP contribution in [0.3, 0.4) is 0 Å². The molecule has 0 radical (unpaired) electrons. The van der Waals surface area contributed by atoms with E-state index in [1.54, 1.807) is 24.4 Å². The summed E-state index contributed by atoms with van der Waals surface area (Å²) >= 11 is 8.02. The van der Waals surface area contributed by atoms with Gasteiger partial charge in [-0.15, -0.1) is 0 Å². The van der Waals surface area contributed by atoms with Crippen LogP contribution in [-0.2, 0) is 11.2 Å². The van der Waals surface area contributed by atoms with Crippen LogP contribution in [0.4, 0.5) is 11.5 Å². The van der Waals surface area contributed by atoms with Crippen LogP contribution in [0.15, 0.2) is 53.8 Å². The van der Waals surface area contributed by atoms with E-state index in [4.69, 9.17) is 21.1 Å². The van der Waals surface area contributed by atoms with Gasteiger partial charge in [-0.2, -0.15) is 0 Å². The lowest BCUT2D eigenvalue weighted by Gasteiger charge is -2.16. The molecule has 2 aromatic carbocycles. The van der Waals surface area contributed by atoms with E-state index >= 15 is 0 Å². The number of amides is 1. The smallest absolute Gasteiger partial charge is 0.269 e. The zero-order valence-electron chi connectivity index (χ0n) is 19.9. The molecule has 2 aromatic heterocycles. The number of nitrogens with one attached hydrogen (secondary N) is 2. The lowest BCUT2D eigenvalue weighted by molar-refractivity contribution is -0.384. The van der Waals surface area contributed by atoms with Crippen molar-refractivity contribution in [3.05, 3.63) is 69.4 Å². The van der Waals surface area contributed by atoms with Gasteiger partial charge in [-0.3, -0.25) is 25.8 Å². The number of ether oxygens (including phenoxy) is 2. The second-order valence-electron chi connectivity index (χ2n) is 7.62. The van der Waals surface area contributed by atoms with Crippen LogP contribution in [0.1, 0.15) is 5.56 Å². The molecule has 1 amide bonds. The summed E-state index contributed by atoms with van der Waals surface area (Å²) in [7, 11) is 3.03. The number of carbonyl (C=O) groups is 1. The maximum atomic E-state index is 12.7. The van der Waals surface area contributed by atoms with E-state index in [0.29, 0.717) is 49.4 Å². The van der Waals surface area contributed by atoms with Crippen LogP contribution in [0.5, 0.6) is 11.5 Å². The van der Waals surface area contributed by atoms with Gasteiger partial charge in [-0.1, -0.05) is 35.5 Å². The summed E-state index contributed by atoms with van der Waals surface area (Å²) < 4.78 is 10.8. The van der Waals surface area contributed by atoms with Crippen molar-refractivity contribution in [3.8, 4) is 22.6 Å². The highest BCUT2D eigenvalue weighted by molar-refractivity contribution is 7.98. The number of pyridine rings is 1. The maximum Gasteiger partial charge on any atom is 0.269 e. The molecule has 4 aromatic rings. The topological polar surface area (TPSA) is 141 Å². The molecule has 0 bridgehead atoms. The van der Waals surface area contributed by atoms with Crippen LogP contribution in [0, 0.1) is 10.1 Å². The predicted molar refractivity (Wildman–Crippen MR) is 141 cm³/mol. The number of hydrogen-bond acceptors (Lipinski definition) is 10. The van der Waals surface area contributed by atoms with E-state index in [-0.39, 0.29) is 23.8 Å². The average Bonchev–Trinajstić information content (AvgIpc) is 2.91. The standard InChI is InChI=1S/C24H21ClN6O5S/c1-35-16-10-17(21(25)19(11-16)36-2)18-9-14-12-26-24(37-3)28-22(14)27-23(18)30-29-20(32)8-13-4-6-15(7-5-13)31(33)34/h4-7,9-12H,8H2,1-3H3,(H,29,32)(H,26,27,28,30). The molecule has 2 N–H and O–H groups in total. The molecule has 0 spiro atoms. The number of halogens is 1. The van der Waals surface area contributed by atoms with E-state index in [9.17, 15) is 14.9 Å². The zero-order valence-corrected chi connectivity index (χ0v) is 21.5. The first-order chi connectivity index (χ1) is 17.8. The minimum absolute atomic E-state index is 0.0135. The quantitative estimate of drug-likeness (QED) is 0.133. The number of nitrogens with zero attached hydrogens (tertiary/aromatic N) is 4. The van der Waals surface area contributed by atoms with Crippen LogP contribution < -0.4 is 20.3 Å². The lowest BCUT2D eigenvalue weighted by Crippen LogP contribution is -2.31. The van der Waals surface area contributed by atoms with E-state index in [1.165, 1.54) is 50.2 Å². The number of non-ortho nitro benzene ring substituents is 1. The Bertz CT molecular complexity index is 1490. The summed E-state index contributed by atoms with van der Waals surface area (Å²) in [6.07, 6.45) is 3.50. The van der Waals surface area contributed by atoms with E-state index in [2.05, 4.69) is 25.8 Å². The SMILES string of the molecule is COc1cc(OC)c(Cl)c(-c2cc3cnc(SC)nc3nc2NNC(=O)Cc2ccc([N+](=O)[O-])cc2)c1. The summed E-state index contributed by atoms with van der Waals surface area (Å²) in [5.41, 5.74) is 7.56. The van der Waals surface area contributed by atoms with E-state index in [0.717, 1.165) is 0 Å². The van der Waals surface area contributed by atoms with Gasteiger partial charge in [0.05, 0.1) is 30.6 Å². The molecule has 0 aliphatic carbocycles. The van der Waals surface area contributed by atoms with Gasteiger partial charge in [-0.25, -0.2) is 15.0 Å². The Labute approximate surface area is 220 Å². The minimum atomic E-state index is -0.497. The molecule has 0 atom stereocenters. The molecule has 11 nitrogen and oxygen atoms in total. The van der Waals surface area contributed by atoms with Crippen molar-refractivity contribution in [3.63, 3.8) is 0 Å². The Morgan fingerprint density at radius 1 is 1.11 bits per heavy atom. The predicted octanol–water partition coefficient (Wildman–Crippen LogP) is 4.68. The van der Waals surface area contributed by atoms with Crippen LogP contribution in [0.25, 0.3) is 22.2 Å². The first-order valence-corrected chi connectivity index (χ1v) is 12.3. The van der Waals surface area contributed by atoms with Crippen LogP contribution >= 0.6 is 23.4 Å². The Hall–Kier alpha value is -4.16. The van der Waals surface area contributed by atoms with Crippen molar-refractivity contribution in [2.45, 2.75) is 11.6 Å². The number of benzene rings is 2. The van der Waals surface area contributed by atoms with Gasteiger partial charge in [0, 0.05) is 40.9 Å². The van der Waals surface area contributed by atoms with Crippen molar-refractivity contribution < 1.29 is 19.2 Å². The minimum Gasteiger partial charge on any atom is -0.497 e. The molecule has 13 heteroatoms. The summed E-state index contributed by atoms with van der Waals surface area (Å²) in [5, 5.41) is 12.4. The summed E-state index contributed by atoms with van der Waals surface area (Å²) in [4.78, 5) is 36.4. The molecule has 0 saturated carbocycles. The maximum absolute atomic E-state index is 12.7. The monoisotopic (exact) mass is 540 g/mol. The Morgan fingerprint density at radius 2 is 1.86 bits per heavy atom.